The molecular formula is C25H25F3N6O2. The minimum absolute atomic E-state index is 0.0492. The zero-order chi connectivity index (χ0) is 25.6. The molecule has 5 rings (SSSR count). The first kappa shape index (κ1) is 23.8. The van der Waals surface area contributed by atoms with Crippen LogP contribution < -0.4 is 9.80 Å². The van der Waals surface area contributed by atoms with Crippen molar-refractivity contribution in [3.63, 3.8) is 0 Å². The number of amides is 2. The van der Waals surface area contributed by atoms with Crippen LogP contribution in [0.25, 0.3) is 11.1 Å². The van der Waals surface area contributed by atoms with Crippen LogP contribution in [-0.2, 0) is 11.0 Å². The highest BCUT2D eigenvalue weighted by Gasteiger charge is 2.35. The Morgan fingerprint density at radius 3 is 2.39 bits per heavy atom. The standard InChI is InChI=1S/C25H25F3N6O2/c1-16-15-33(20-5-3-19(4-6-20)25(26,27)28)24(36)23-21(14-30-34(16)23)18-7-8-29-22(13-18)32-11-9-31(10-12-32)17(2)35/h3-8,13-14,16H,9-12,15H2,1-2H3/t16-/m0/s1. The number of carbonyl (C=O) groups is 2. The summed E-state index contributed by atoms with van der Waals surface area (Å²) < 4.78 is 40.7. The van der Waals surface area contributed by atoms with Crippen molar-refractivity contribution in [3.05, 3.63) is 60.0 Å². The number of hydrogen-bond acceptors (Lipinski definition) is 5. The quantitative estimate of drug-likeness (QED) is 0.549. The summed E-state index contributed by atoms with van der Waals surface area (Å²) >= 11 is 0. The van der Waals surface area contributed by atoms with Gasteiger partial charge in [-0.1, -0.05) is 0 Å². The van der Waals surface area contributed by atoms with Gasteiger partial charge in [-0.25, -0.2) is 4.98 Å². The molecule has 11 heteroatoms. The van der Waals surface area contributed by atoms with Crippen molar-refractivity contribution in [2.24, 2.45) is 0 Å². The SMILES string of the molecule is CC(=O)N1CCN(c2cc(-c3cnn4c3C(=O)N(c3ccc(C(F)(F)F)cc3)C[C@@H]4C)ccn2)CC1. The Labute approximate surface area is 205 Å². The number of rotatable bonds is 3. The van der Waals surface area contributed by atoms with Gasteiger partial charge in [0.2, 0.25) is 5.91 Å². The summed E-state index contributed by atoms with van der Waals surface area (Å²) in [7, 11) is 0. The molecule has 2 amide bonds. The number of nitrogens with zero attached hydrogens (tertiary/aromatic N) is 6. The Kier molecular flexibility index (Phi) is 5.93. The maximum absolute atomic E-state index is 13.6. The highest BCUT2D eigenvalue weighted by Crippen LogP contribution is 2.35. The molecule has 1 atom stereocenters. The van der Waals surface area contributed by atoms with Gasteiger partial charge in [-0.05, 0) is 48.9 Å². The second-order valence-electron chi connectivity index (χ2n) is 9.06. The Morgan fingerprint density at radius 1 is 1.06 bits per heavy atom. The molecule has 0 bridgehead atoms. The number of hydrogen-bond donors (Lipinski definition) is 0. The molecule has 0 N–H and O–H groups in total. The number of alkyl halides is 3. The molecule has 1 aromatic carbocycles. The molecule has 8 nitrogen and oxygen atoms in total. The highest BCUT2D eigenvalue weighted by atomic mass is 19.4. The van der Waals surface area contributed by atoms with Crippen molar-refractivity contribution >= 4 is 23.3 Å². The fourth-order valence-electron chi connectivity index (χ4n) is 4.74. The van der Waals surface area contributed by atoms with Gasteiger partial charge in [0, 0.05) is 57.1 Å². The monoisotopic (exact) mass is 498 g/mol. The smallest absolute Gasteiger partial charge is 0.353 e. The second kappa shape index (κ2) is 8.96. The van der Waals surface area contributed by atoms with E-state index in [2.05, 4.69) is 15.0 Å². The third-order valence-corrected chi connectivity index (χ3v) is 6.72. The van der Waals surface area contributed by atoms with Gasteiger partial charge >= 0.3 is 6.18 Å². The third-order valence-electron chi connectivity index (χ3n) is 6.72. The van der Waals surface area contributed by atoms with Crippen molar-refractivity contribution in [2.75, 3.05) is 42.5 Å². The van der Waals surface area contributed by atoms with Crippen LogP contribution in [0.5, 0.6) is 0 Å². The number of fused-ring (bicyclic) bond motifs is 1. The number of anilines is 2. The lowest BCUT2D eigenvalue weighted by Crippen LogP contribution is -2.48. The fraction of sp³-hybridized carbons (Fsp3) is 0.360. The minimum atomic E-state index is -4.44. The summed E-state index contributed by atoms with van der Waals surface area (Å²) in [5, 5.41) is 4.45. The topological polar surface area (TPSA) is 74.6 Å². The molecule has 2 aliphatic heterocycles. The predicted molar refractivity (Wildman–Crippen MR) is 128 cm³/mol. The Morgan fingerprint density at radius 2 is 1.75 bits per heavy atom. The lowest BCUT2D eigenvalue weighted by atomic mass is 10.0. The first-order valence-electron chi connectivity index (χ1n) is 11.7. The van der Waals surface area contributed by atoms with Crippen LogP contribution in [0.4, 0.5) is 24.7 Å². The van der Waals surface area contributed by atoms with E-state index in [1.807, 2.05) is 19.1 Å². The van der Waals surface area contributed by atoms with Gasteiger partial charge < -0.3 is 14.7 Å². The van der Waals surface area contributed by atoms with Crippen molar-refractivity contribution in [3.8, 4) is 11.1 Å². The van der Waals surface area contributed by atoms with Crippen molar-refractivity contribution < 1.29 is 22.8 Å². The molecule has 1 fully saturated rings. The molecule has 36 heavy (non-hydrogen) atoms. The molecule has 0 unspecified atom stereocenters. The number of piperazine rings is 1. The molecule has 188 valence electrons. The van der Waals surface area contributed by atoms with Crippen LogP contribution in [-0.4, -0.2) is 64.2 Å². The van der Waals surface area contributed by atoms with Crippen LogP contribution in [0.2, 0.25) is 0 Å². The fourth-order valence-corrected chi connectivity index (χ4v) is 4.74. The lowest BCUT2D eigenvalue weighted by molar-refractivity contribution is -0.137. The number of halogens is 3. The number of pyridine rings is 1. The van der Waals surface area contributed by atoms with E-state index in [4.69, 9.17) is 0 Å². The van der Waals surface area contributed by atoms with E-state index >= 15 is 0 Å². The first-order chi connectivity index (χ1) is 17.1. The molecule has 0 saturated carbocycles. The first-order valence-corrected chi connectivity index (χ1v) is 11.7. The van der Waals surface area contributed by atoms with Gasteiger partial charge in [-0.15, -0.1) is 0 Å². The van der Waals surface area contributed by atoms with E-state index in [9.17, 15) is 22.8 Å². The normalized spacial score (nSPS) is 18.4. The third kappa shape index (κ3) is 4.29. The molecule has 0 spiro atoms. The maximum atomic E-state index is 13.6. The van der Waals surface area contributed by atoms with E-state index in [-0.39, 0.29) is 17.9 Å². The number of benzene rings is 1. The van der Waals surface area contributed by atoms with E-state index in [0.29, 0.717) is 49.7 Å². The molecule has 0 aliphatic carbocycles. The van der Waals surface area contributed by atoms with E-state index in [0.717, 1.165) is 23.5 Å². The Bertz CT molecular complexity index is 1300. The van der Waals surface area contributed by atoms with Gasteiger partial charge in [0.15, 0.2) is 0 Å². The zero-order valence-electron chi connectivity index (χ0n) is 19.9. The second-order valence-corrected chi connectivity index (χ2v) is 9.06. The molecule has 2 aliphatic rings. The molecule has 0 radical (unpaired) electrons. The molecule has 3 aromatic rings. The van der Waals surface area contributed by atoms with Crippen LogP contribution in [0.15, 0.2) is 48.8 Å². The van der Waals surface area contributed by atoms with E-state index in [1.54, 1.807) is 28.9 Å². The van der Waals surface area contributed by atoms with Crippen LogP contribution in [0, 0.1) is 0 Å². The Hall–Kier alpha value is -3.89. The van der Waals surface area contributed by atoms with E-state index < -0.39 is 11.7 Å². The minimum Gasteiger partial charge on any atom is -0.353 e. The highest BCUT2D eigenvalue weighted by molar-refractivity contribution is 6.09. The summed E-state index contributed by atoms with van der Waals surface area (Å²) in [4.78, 5) is 35.1. The van der Waals surface area contributed by atoms with Crippen molar-refractivity contribution in [1.82, 2.24) is 19.7 Å². The van der Waals surface area contributed by atoms with Crippen LogP contribution in [0.1, 0.15) is 35.9 Å². The number of aromatic nitrogens is 3. The van der Waals surface area contributed by atoms with Gasteiger partial charge in [0.1, 0.15) is 11.5 Å². The summed E-state index contributed by atoms with van der Waals surface area (Å²) in [6.07, 6.45) is -1.12. The van der Waals surface area contributed by atoms with E-state index in [1.165, 1.54) is 17.0 Å². The number of carbonyl (C=O) groups excluding carboxylic acids is 2. The van der Waals surface area contributed by atoms with Crippen molar-refractivity contribution in [2.45, 2.75) is 26.1 Å². The van der Waals surface area contributed by atoms with Gasteiger partial charge in [0.25, 0.3) is 5.91 Å². The summed E-state index contributed by atoms with van der Waals surface area (Å²) in [6, 6.07) is 8.16. The molecular weight excluding hydrogens is 473 g/mol. The van der Waals surface area contributed by atoms with Gasteiger partial charge in [0.05, 0.1) is 17.8 Å². The lowest BCUT2D eigenvalue weighted by Gasteiger charge is -2.35. The van der Waals surface area contributed by atoms with Crippen molar-refractivity contribution in [1.29, 1.82) is 0 Å². The largest absolute Gasteiger partial charge is 0.416 e. The summed E-state index contributed by atoms with van der Waals surface area (Å²) in [6.45, 7) is 6.30. The summed E-state index contributed by atoms with van der Waals surface area (Å²) in [5.74, 6) is 0.466. The predicted octanol–water partition coefficient (Wildman–Crippen LogP) is 3.85. The summed E-state index contributed by atoms with van der Waals surface area (Å²) in [5.41, 5.74) is 1.42. The zero-order valence-corrected chi connectivity index (χ0v) is 19.9. The molecule has 1 saturated heterocycles. The Balaban J connectivity index is 1.44. The average Bonchev–Trinajstić information content (AvgIpc) is 3.32. The molecule has 2 aromatic heterocycles. The maximum Gasteiger partial charge on any atom is 0.416 e. The van der Waals surface area contributed by atoms with Gasteiger partial charge in [-0.3, -0.25) is 14.3 Å². The average molecular weight is 499 g/mol. The van der Waals surface area contributed by atoms with Crippen LogP contribution in [0.3, 0.4) is 0 Å². The van der Waals surface area contributed by atoms with Gasteiger partial charge in [-0.2, -0.15) is 18.3 Å². The molecule has 4 heterocycles. The van der Waals surface area contributed by atoms with Crippen LogP contribution >= 0.6 is 0 Å².